The first-order valence-corrected chi connectivity index (χ1v) is 9.21. The fourth-order valence-corrected chi connectivity index (χ4v) is 4.17. The van der Waals surface area contributed by atoms with E-state index < -0.39 is 5.82 Å². The van der Waals surface area contributed by atoms with Crippen molar-refractivity contribution in [2.45, 2.75) is 20.4 Å². The van der Waals surface area contributed by atoms with Crippen LogP contribution in [0.5, 0.6) is 0 Å². The van der Waals surface area contributed by atoms with Gasteiger partial charge in [0.1, 0.15) is 22.9 Å². The van der Waals surface area contributed by atoms with Gasteiger partial charge in [-0.1, -0.05) is 24.3 Å². The number of thiophene rings is 1. The highest BCUT2D eigenvalue weighted by molar-refractivity contribution is 7.25. The lowest BCUT2D eigenvalue weighted by Gasteiger charge is -2.11. The van der Waals surface area contributed by atoms with Crippen LogP contribution < -0.4 is 10.9 Å². The van der Waals surface area contributed by atoms with Gasteiger partial charge in [-0.25, -0.2) is 9.37 Å². The van der Waals surface area contributed by atoms with Crippen molar-refractivity contribution in [2.75, 3.05) is 5.32 Å². The second-order valence-corrected chi connectivity index (χ2v) is 7.36. The standard InChI is InChI=1S/C20H16FN3O2S/c1-11-6-3-4-8-14(11)23-16(25)10-24-12(2)22-18-17-13(21)7-5-9-15(17)27-19(18)20(24)26/h3-9H,10H2,1-2H3,(H,23,25). The van der Waals surface area contributed by atoms with Gasteiger partial charge in [0.25, 0.3) is 5.56 Å². The van der Waals surface area contributed by atoms with Gasteiger partial charge in [-0.2, -0.15) is 0 Å². The average Bonchev–Trinajstić information content (AvgIpc) is 3.00. The minimum Gasteiger partial charge on any atom is -0.324 e. The Balaban J connectivity index is 1.75. The first-order valence-electron chi connectivity index (χ1n) is 8.39. The summed E-state index contributed by atoms with van der Waals surface area (Å²) in [5.41, 5.74) is 1.65. The molecule has 0 fully saturated rings. The molecule has 5 nitrogen and oxygen atoms in total. The van der Waals surface area contributed by atoms with Gasteiger partial charge in [0.2, 0.25) is 5.91 Å². The molecule has 2 heterocycles. The third kappa shape index (κ3) is 3.00. The van der Waals surface area contributed by atoms with E-state index in [0.717, 1.165) is 5.56 Å². The van der Waals surface area contributed by atoms with Crippen molar-refractivity contribution in [3.63, 3.8) is 0 Å². The van der Waals surface area contributed by atoms with E-state index in [1.54, 1.807) is 25.1 Å². The number of para-hydroxylation sites is 1. The molecular formula is C20H16FN3O2S. The Hall–Kier alpha value is -3.06. The van der Waals surface area contributed by atoms with Gasteiger partial charge in [0, 0.05) is 10.4 Å². The molecule has 0 aliphatic heterocycles. The van der Waals surface area contributed by atoms with Crippen LogP contribution in [0.15, 0.2) is 47.3 Å². The molecule has 7 heteroatoms. The molecule has 0 spiro atoms. The summed E-state index contributed by atoms with van der Waals surface area (Å²) in [5.74, 6) is -0.349. The maximum Gasteiger partial charge on any atom is 0.272 e. The molecule has 2 aromatic heterocycles. The van der Waals surface area contributed by atoms with Gasteiger partial charge in [-0.15, -0.1) is 11.3 Å². The number of nitrogens with zero attached hydrogens (tertiary/aromatic N) is 2. The first kappa shape index (κ1) is 17.4. The summed E-state index contributed by atoms with van der Waals surface area (Å²) in [6.45, 7) is 3.39. The number of aryl methyl sites for hydroxylation is 2. The zero-order valence-corrected chi connectivity index (χ0v) is 15.6. The van der Waals surface area contributed by atoms with Gasteiger partial charge in [-0.3, -0.25) is 14.2 Å². The molecule has 0 radical (unpaired) electrons. The zero-order chi connectivity index (χ0) is 19.1. The maximum atomic E-state index is 14.2. The fraction of sp³-hybridized carbons (Fsp3) is 0.150. The monoisotopic (exact) mass is 381 g/mol. The molecule has 4 aromatic rings. The summed E-state index contributed by atoms with van der Waals surface area (Å²) >= 11 is 1.19. The number of aromatic nitrogens is 2. The van der Waals surface area contributed by atoms with E-state index in [4.69, 9.17) is 0 Å². The predicted molar refractivity (Wildman–Crippen MR) is 106 cm³/mol. The van der Waals surface area contributed by atoms with E-state index in [-0.39, 0.29) is 18.0 Å². The van der Waals surface area contributed by atoms with E-state index in [0.29, 0.717) is 31.8 Å². The highest BCUT2D eigenvalue weighted by Crippen LogP contribution is 2.32. The Morgan fingerprint density at radius 3 is 2.74 bits per heavy atom. The smallest absolute Gasteiger partial charge is 0.272 e. The molecule has 0 saturated heterocycles. The van der Waals surface area contributed by atoms with E-state index in [1.807, 2.05) is 25.1 Å². The number of hydrogen-bond acceptors (Lipinski definition) is 4. The predicted octanol–water partition coefficient (Wildman–Crippen LogP) is 4.01. The molecule has 0 saturated carbocycles. The largest absolute Gasteiger partial charge is 0.324 e. The lowest BCUT2D eigenvalue weighted by Crippen LogP contribution is -2.29. The number of carbonyl (C=O) groups is 1. The van der Waals surface area contributed by atoms with Crippen molar-refractivity contribution >= 4 is 43.2 Å². The van der Waals surface area contributed by atoms with Gasteiger partial charge in [-0.05, 0) is 37.6 Å². The number of halogens is 1. The van der Waals surface area contributed by atoms with Gasteiger partial charge in [0.05, 0.1) is 10.9 Å². The number of carbonyl (C=O) groups excluding carboxylic acids is 1. The molecule has 136 valence electrons. The lowest BCUT2D eigenvalue weighted by molar-refractivity contribution is -0.116. The summed E-state index contributed by atoms with van der Waals surface area (Å²) in [6, 6.07) is 12.1. The van der Waals surface area contributed by atoms with Crippen molar-refractivity contribution in [3.8, 4) is 0 Å². The normalized spacial score (nSPS) is 11.2. The average molecular weight is 381 g/mol. The van der Waals surface area contributed by atoms with Crippen molar-refractivity contribution in [3.05, 3.63) is 70.0 Å². The molecule has 0 aliphatic rings. The van der Waals surface area contributed by atoms with Crippen LogP contribution in [0.3, 0.4) is 0 Å². The second kappa shape index (κ2) is 6.59. The Morgan fingerprint density at radius 2 is 1.96 bits per heavy atom. The molecule has 0 unspecified atom stereocenters. The van der Waals surface area contributed by atoms with Crippen LogP contribution in [-0.4, -0.2) is 15.5 Å². The highest BCUT2D eigenvalue weighted by Gasteiger charge is 2.18. The summed E-state index contributed by atoms with van der Waals surface area (Å²) < 4.78 is 16.5. The van der Waals surface area contributed by atoms with Crippen molar-refractivity contribution < 1.29 is 9.18 Å². The quantitative estimate of drug-likeness (QED) is 0.583. The molecular weight excluding hydrogens is 365 g/mol. The van der Waals surface area contributed by atoms with Crippen molar-refractivity contribution in [1.82, 2.24) is 9.55 Å². The summed E-state index contributed by atoms with van der Waals surface area (Å²) in [4.78, 5) is 29.8. The van der Waals surface area contributed by atoms with Gasteiger partial charge < -0.3 is 5.32 Å². The van der Waals surface area contributed by atoms with E-state index in [1.165, 1.54) is 22.0 Å². The number of nitrogens with one attached hydrogen (secondary N) is 1. The van der Waals surface area contributed by atoms with Crippen LogP contribution >= 0.6 is 11.3 Å². The second-order valence-electron chi connectivity index (χ2n) is 6.31. The SMILES string of the molecule is Cc1ccccc1NC(=O)Cn1c(C)nc2c(sc3cccc(F)c32)c1=O. The van der Waals surface area contributed by atoms with Crippen LogP contribution in [0, 0.1) is 19.7 Å². The Morgan fingerprint density at radius 1 is 1.19 bits per heavy atom. The Labute approximate surface area is 158 Å². The molecule has 27 heavy (non-hydrogen) atoms. The van der Waals surface area contributed by atoms with Crippen LogP contribution in [0.4, 0.5) is 10.1 Å². The number of hydrogen-bond donors (Lipinski definition) is 1. The molecule has 1 N–H and O–H groups in total. The molecule has 2 aromatic carbocycles. The summed E-state index contributed by atoms with van der Waals surface area (Å²) in [7, 11) is 0. The fourth-order valence-electron chi connectivity index (χ4n) is 3.07. The van der Waals surface area contributed by atoms with E-state index >= 15 is 0 Å². The minimum atomic E-state index is -0.403. The summed E-state index contributed by atoms with van der Waals surface area (Å²) in [5, 5.41) is 3.17. The lowest BCUT2D eigenvalue weighted by atomic mass is 10.2. The van der Waals surface area contributed by atoms with E-state index in [9.17, 15) is 14.0 Å². The Bertz CT molecular complexity index is 1260. The number of amides is 1. The van der Waals surface area contributed by atoms with Crippen molar-refractivity contribution in [2.24, 2.45) is 0 Å². The van der Waals surface area contributed by atoms with Crippen LogP contribution in [0.2, 0.25) is 0 Å². The summed E-state index contributed by atoms with van der Waals surface area (Å²) in [6.07, 6.45) is 0. The van der Waals surface area contributed by atoms with Gasteiger partial charge in [0.15, 0.2) is 0 Å². The van der Waals surface area contributed by atoms with Crippen LogP contribution in [-0.2, 0) is 11.3 Å². The zero-order valence-electron chi connectivity index (χ0n) is 14.7. The Kier molecular flexibility index (Phi) is 4.24. The molecule has 0 atom stereocenters. The van der Waals surface area contributed by atoms with Crippen LogP contribution in [0.25, 0.3) is 20.3 Å². The number of fused-ring (bicyclic) bond motifs is 3. The van der Waals surface area contributed by atoms with Gasteiger partial charge >= 0.3 is 0 Å². The molecule has 0 bridgehead atoms. The number of benzene rings is 2. The third-order valence-corrected chi connectivity index (χ3v) is 5.60. The molecule has 4 rings (SSSR count). The number of rotatable bonds is 3. The maximum absolute atomic E-state index is 14.2. The number of anilines is 1. The van der Waals surface area contributed by atoms with Crippen molar-refractivity contribution in [1.29, 1.82) is 0 Å². The third-order valence-electron chi connectivity index (χ3n) is 4.46. The molecule has 0 aliphatic carbocycles. The highest BCUT2D eigenvalue weighted by atomic mass is 32.1. The van der Waals surface area contributed by atoms with Crippen LogP contribution in [0.1, 0.15) is 11.4 Å². The first-order chi connectivity index (χ1) is 13.0. The minimum absolute atomic E-state index is 0.154. The van der Waals surface area contributed by atoms with E-state index in [2.05, 4.69) is 10.3 Å². The molecule has 1 amide bonds. The topological polar surface area (TPSA) is 64.0 Å².